The minimum atomic E-state index is -1.25. The van der Waals surface area contributed by atoms with Gasteiger partial charge in [0.25, 0.3) is 0 Å². The van der Waals surface area contributed by atoms with E-state index in [9.17, 15) is 19.5 Å². The quantitative estimate of drug-likeness (QED) is 0.286. The number of likely N-dealkylation sites (N-methyl/N-ethyl adjacent to an activating group) is 1. The summed E-state index contributed by atoms with van der Waals surface area (Å²) in [5.41, 5.74) is -0.514. The zero-order valence-electron chi connectivity index (χ0n) is 36.0. The van der Waals surface area contributed by atoms with Crippen molar-refractivity contribution in [1.29, 1.82) is 0 Å². The zero-order valence-corrected chi connectivity index (χ0v) is 36.0. The number of benzene rings is 1. The molecule has 1 aromatic carbocycles. The van der Waals surface area contributed by atoms with E-state index in [0.29, 0.717) is 24.4 Å². The Morgan fingerprint density at radius 2 is 1.83 bits per heavy atom. The molecule has 5 heterocycles. The monoisotopic (exact) mass is 826 g/mol. The van der Waals surface area contributed by atoms with Crippen LogP contribution in [0.15, 0.2) is 29.4 Å². The van der Waals surface area contributed by atoms with Gasteiger partial charge in [0.1, 0.15) is 35.9 Å². The molecule has 0 aliphatic carbocycles. The molecule has 0 unspecified atom stereocenters. The number of rotatable bonds is 8. The first kappa shape index (κ1) is 44.7. The number of hydrogen-bond donors (Lipinski definition) is 2. The molecule has 0 radical (unpaired) electrons. The number of aromatic amines is 1. The number of carbonyl (C=O) groups is 3. The Morgan fingerprint density at radius 3 is 2.53 bits per heavy atom. The second-order valence-electron chi connectivity index (χ2n) is 17.6. The zero-order chi connectivity index (χ0) is 42.8. The van der Waals surface area contributed by atoms with Crippen molar-refractivity contribution < 1.29 is 52.7 Å². The van der Waals surface area contributed by atoms with Gasteiger partial charge in [-0.05, 0) is 77.9 Å². The third-order valence-electron chi connectivity index (χ3n) is 13.0. The van der Waals surface area contributed by atoms with E-state index in [0.717, 1.165) is 11.1 Å². The number of aliphatic hydroxyl groups is 1. The van der Waals surface area contributed by atoms with E-state index in [2.05, 4.69) is 25.8 Å². The van der Waals surface area contributed by atoms with Gasteiger partial charge in [0.05, 0.1) is 49.5 Å². The lowest BCUT2D eigenvalue weighted by Crippen LogP contribution is -2.60. The molecule has 1 aromatic heterocycles. The van der Waals surface area contributed by atoms with E-state index in [1.54, 1.807) is 13.8 Å². The number of oxime groups is 1. The summed E-state index contributed by atoms with van der Waals surface area (Å²) in [5.74, 6) is -3.88. The number of cyclic esters (lactones) is 1. The second kappa shape index (κ2) is 18.4. The Hall–Kier alpha value is -3.87. The van der Waals surface area contributed by atoms with Crippen LogP contribution < -0.4 is 0 Å². The number of carbonyl (C=O) groups excluding carboxylic acids is 3. The van der Waals surface area contributed by atoms with Crippen molar-refractivity contribution in [3.05, 3.63) is 29.8 Å². The van der Waals surface area contributed by atoms with Crippen LogP contribution in [-0.2, 0) is 54.2 Å². The summed E-state index contributed by atoms with van der Waals surface area (Å²) in [7, 11) is 3.80. The normalized spacial score (nSPS) is 39.5. The third-order valence-corrected chi connectivity index (χ3v) is 13.0. The Kier molecular flexibility index (Phi) is 13.9. The Bertz CT molecular complexity index is 1810. The van der Waals surface area contributed by atoms with Crippen molar-refractivity contribution >= 4 is 23.4 Å². The van der Waals surface area contributed by atoms with Crippen LogP contribution in [0.3, 0.4) is 0 Å². The molecule has 14 atom stereocenters. The molecular weight excluding hydrogens is 764 g/mol. The van der Waals surface area contributed by atoms with Crippen LogP contribution in [0.5, 0.6) is 0 Å². The van der Waals surface area contributed by atoms with Crippen LogP contribution in [0.2, 0.25) is 0 Å². The molecule has 2 N–H and O–H groups in total. The topological polar surface area (TPSA) is 206 Å². The van der Waals surface area contributed by atoms with Gasteiger partial charge in [-0.2, -0.15) is 5.21 Å². The molecule has 4 aliphatic heterocycles. The van der Waals surface area contributed by atoms with Gasteiger partial charge in [0, 0.05) is 35.3 Å². The van der Waals surface area contributed by atoms with E-state index < -0.39 is 83.4 Å². The summed E-state index contributed by atoms with van der Waals surface area (Å²) in [5, 5.41) is 30.4. The molecule has 0 amide bonds. The van der Waals surface area contributed by atoms with Crippen molar-refractivity contribution in [3.8, 4) is 11.4 Å². The van der Waals surface area contributed by atoms with Gasteiger partial charge in [0.15, 0.2) is 6.29 Å². The van der Waals surface area contributed by atoms with E-state index in [4.69, 9.17) is 33.3 Å². The summed E-state index contributed by atoms with van der Waals surface area (Å²) >= 11 is 0. The lowest BCUT2D eigenvalue weighted by atomic mass is 9.70. The van der Waals surface area contributed by atoms with Gasteiger partial charge < -0.3 is 43.3 Å². The molecule has 4 fully saturated rings. The van der Waals surface area contributed by atoms with Crippen LogP contribution in [0, 0.1) is 29.6 Å². The highest BCUT2D eigenvalue weighted by molar-refractivity contribution is 5.87. The van der Waals surface area contributed by atoms with E-state index >= 15 is 0 Å². The smallest absolute Gasteiger partial charge is 0.311 e. The van der Waals surface area contributed by atoms with Crippen LogP contribution in [0.4, 0.5) is 0 Å². The molecule has 0 spiro atoms. The minimum Gasteiger partial charge on any atom is -0.458 e. The maximum absolute atomic E-state index is 14.6. The number of H-pyrrole nitrogens is 1. The third kappa shape index (κ3) is 9.55. The number of aromatic nitrogens is 4. The second-order valence-corrected chi connectivity index (χ2v) is 17.6. The van der Waals surface area contributed by atoms with Gasteiger partial charge in [-0.1, -0.05) is 51.0 Å². The molecule has 17 heteroatoms. The summed E-state index contributed by atoms with van der Waals surface area (Å²) in [4.78, 5) is 49.7. The first-order valence-electron chi connectivity index (χ1n) is 20.8. The van der Waals surface area contributed by atoms with Crippen LogP contribution in [0.1, 0.15) is 86.6 Å². The number of nitrogens with zero attached hydrogens (tertiary/aromatic N) is 5. The molecule has 326 valence electrons. The highest BCUT2D eigenvalue weighted by Gasteiger charge is 2.57. The molecule has 6 rings (SSSR count). The average molecular weight is 827 g/mol. The van der Waals surface area contributed by atoms with E-state index in [-0.39, 0.29) is 50.6 Å². The molecule has 0 saturated carbocycles. The first-order valence-corrected chi connectivity index (χ1v) is 20.8. The van der Waals surface area contributed by atoms with Gasteiger partial charge >= 0.3 is 11.9 Å². The van der Waals surface area contributed by atoms with Gasteiger partial charge in [-0.3, -0.25) is 14.4 Å². The van der Waals surface area contributed by atoms with Crippen molar-refractivity contribution in [3.63, 3.8) is 0 Å². The minimum absolute atomic E-state index is 0.0192. The maximum atomic E-state index is 14.6. The Labute approximate surface area is 346 Å². The van der Waals surface area contributed by atoms with E-state index in [1.807, 2.05) is 84.8 Å². The van der Waals surface area contributed by atoms with Crippen molar-refractivity contribution in [2.24, 2.45) is 34.7 Å². The maximum Gasteiger partial charge on any atom is 0.311 e. The summed E-state index contributed by atoms with van der Waals surface area (Å²) in [6.45, 7) is 14.7. The molecule has 17 nitrogen and oxygen atoms in total. The largest absolute Gasteiger partial charge is 0.458 e. The predicted molar refractivity (Wildman–Crippen MR) is 212 cm³/mol. The standard InChI is InChI=1S/C42H62N6O11/c1-11-32-42(8)30(17-33(49)59-42)24(4)34(50)22(2)18-41(7)37(58-40-35(51)31(48(9)10)15-23(3)56-40)25(5)36(26(6)39(52)57-32)53-20-29(21-54-41)45-55-19-27-13-12-14-28(16-27)38-43-46-47-44-38/h12-14,16,22-26,30-32,35-37,40,51H,11,15,17-21H2,1-10H3,(H,43,44,46,47)/b45-29-/t22-,23-,24-,25+,26-,30+,31+,32-,35-,36+,37-,40+,41-,42+/m1/s1. The van der Waals surface area contributed by atoms with E-state index in [1.165, 1.54) is 0 Å². The van der Waals surface area contributed by atoms with Crippen LogP contribution in [0.25, 0.3) is 11.4 Å². The summed E-state index contributed by atoms with van der Waals surface area (Å²) in [6.07, 6.45) is -3.76. The molecule has 4 saturated heterocycles. The fourth-order valence-corrected chi connectivity index (χ4v) is 9.69. The van der Waals surface area contributed by atoms with Gasteiger partial charge in [-0.15, -0.1) is 10.2 Å². The number of aliphatic hydroxyl groups excluding tert-OH is 1. The highest BCUT2D eigenvalue weighted by Crippen LogP contribution is 2.46. The van der Waals surface area contributed by atoms with Crippen LogP contribution in [-0.4, -0.2) is 135 Å². The highest BCUT2D eigenvalue weighted by atomic mass is 16.7. The van der Waals surface area contributed by atoms with Gasteiger partial charge in [-0.25, -0.2) is 0 Å². The lowest BCUT2D eigenvalue weighted by molar-refractivity contribution is -0.302. The molecule has 4 aliphatic rings. The van der Waals surface area contributed by atoms with Crippen molar-refractivity contribution in [2.75, 3.05) is 27.3 Å². The fourth-order valence-electron chi connectivity index (χ4n) is 9.69. The number of fused-ring (bicyclic) bond motifs is 4. The Balaban J connectivity index is 1.39. The van der Waals surface area contributed by atoms with Gasteiger partial charge in [0.2, 0.25) is 5.82 Å². The number of esters is 2. The number of ether oxygens (including phenoxy) is 6. The number of ketones is 1. The molecule has 2 bridgehead atoms. The molecular formula is C42H62N6O11. The fraction of sp³-hybridized carbons (Fsp3) is 0.738. The van der Waals surface area contributed by atoms with Crippen molar-refractivity contribution in [1.82, 2.24) is 25.5 Å². The average Bonchev–Trinajstić information content (AvgIpc) is 3.86. The van der Waals surface area contributed by atoms with Crippen LogP contribution >= 0.6 is 0 Å². The number of hydrogen-bond acceptors (Lipinski definition) is 16. The summed E-state index contributed by atoms with van der Waals surface area (Å²) in [6, 6.07) is 7.22. The van der Waals surface area contributed by atoms with Crippen molar-refractivity contribution in [2.45, 2.75) is 142 Å². The molecule has 59 heavy (non-hydrogen) atoms. The summed E-state index contributed by atoms with van der Waals surface area (Å²) < 4.78 is 39.0. The first-order chi connectivity index (χ1) is 27.9. The molecule has 2 aromatic rings. The lowest BCUT2D eigenvalue weighted by Gasteiger charge is -2.48. The Morgan fingerprint density at radius 1 is 1.07 bits per heavy atom. The SMILES string of the molecule is CC[C@H]1OC(=O)[C@H](C)[C@H]2OC/C(=N/OCc3cccc(-c4nn[nH]n4)c3)CO[C@](C)(C[C@@H](C)C(=O)[C@H](C)[C@@H]3CC(=O)O[C@]13C)[C@H](O[C@@H]1O[C@H](C)C[C@H](N(C)C)[C@H]1O)[C@H]2C. The number of Topliss-reactive ketones (excluding diaryl/α,β-unsaturated/α-hetero) is 1. The predicted octanol–water partition coefficient (Wildman–Crippen LogP) is 3.89. The number of nitrogens with one attached hydrogen (secondary N) is 1. The number of tetrazole rings is 1.